The van der Waals surface area contributed by atoms with Crippen LogP contribution in [0.2, 0.25) is 0 Å². The topological polar surface area (TPSA) is 34.4 Å². The lowest BCUT2D eigenvalue weighted by Crippen LogP contribution is -2.28. The van der Waals surface area contributed by atoms with Gasteiger partial charge in [0.1, 0.15) is 11.3 Å². The number of hydrogen-bond donors (Lipinski definition) is 1. The van der Waals surface area contributed by atoms with E-state index in [-0.39, 0.29) is 12.1 Å². The van der Waals surface area contributed by atoms with Crippen LogP contribution < -0.4 is 5.32 Å². The van der Waals surface area contributed by atoms with Gasteiger partial charge in [0.05, 0.1) is 12.1 Å². The number of hydrogen-bond acceptors (Lipinski definition) is 3. The summed E-state index contributed by atoms with van der Waals surface area (Å²) in [6, 6.07) is 8.33. The van der Waals surface area contributed by atoms with Crippen molar-refractivity contribution in [2.75, 3.05) is 14.2 Å². The van der Waals surface area contributed by atoms with Crippen LogP contribution in [0.25, 0.3) is 11.0 Å². The van der Waals surface area contributed by atoms with Crippen LogP contribution in [0.4, 0.5) is 0 Å². The molecule has 0 aliphatic rings. The molecule has 92 valence electrons. The molecule has 0 aliphatic heterocycles. The van der Waals surface area contributed by atoms with E-state index in [1.54, 1.807) is 7.11 Å². The number of aryl methyl sites for hydroxylation is 1. The average Bonchev–Trinajstić information content (AvgIpc) is 2.75. The Hall–Kier alpha value is -1.32. The molecule has 0 saturated heterocycles. The molecule has 2 rings (SSSR count). The number of methoxy groups -OCH3 is 1. The van der Waals surface area contributed by atoms with E-state index in [9.17, 15) is 0 Å². The lowest BCUT2D eigenvalue weighted by Gasteiger charge is -2.19. The van der Waals surface area contributed by atoms with Gasteiger partial charge in [-0.2, -0.15) is 0 Å². The molecule has 3 nitrogen and oxygen atoms in total. The van der Waals surface area contributed by atoms with Crippen molar-refractivity contribution >= 4 is 11.0 Å². The molecule has 0 radical (unpaired) electrons. The Labute approximate surface area is 102 Å². The molecule has 0 bridgehead atoms. The Bertz CT molecular complexity index is 504. The van der Waals surface area contributed by atoms with Crippen molar-refractivity contribution in [3.8, 4) is 0 Å². The highest BCUT2D eigenvalue weighted by Crippen LogP contribution is 2.28. The highest BCUT2D eigenvalue weighted by molar-refractivity contribution is 5.81. The van der Waals surface area contributed by atoms with Gasteiger partial charge in [-0.05, 0) is 32.5 Å². The van der Waals surface area contributed by atoms with Crippen molar-refractivity contribution < 1.29 is 9.15 Å². The van der Waals surface area contributed by atoms with Crippen LogP contribution in [0.5, 0.6) is 0 Å². The van der Waals surface area contributed by atoms with Gasteiger partial charge in [-0.25, -0.2) is 0 Å². The molecule has 1 aromatic heterocycles. The predicted octanol–water partition coefficient (Wildman–Crippen LogP) is 3.04. The average molecular weight is 233 g/mol. The molecular weight excluding hydrogens is 214 g/mol. The van der Waals surface area contributed by atoms with Gasteiger partial charge < -0.3 is 14.5 Å². The lowest BCUT2D eigenvalue weighted by molar-refractivity contribution is 0.0788. The minimum Gasteiger partial charge on any atom is -0.459 e. The van der Waals surface area contributed by atoms with Gasteiger partial charge in [-0.15, -0.1) is 0 Å². The molecule has 2 aromatic rings. The second-order valence-electron chi connectivity index (χ2n) is 4.35. The van der Waals surface area contributed by atoms with Crippen molar-refractivity contribution in [3.63, 3.8) is 0 Å². The first-order valence-corrected chi connectivity index (χ1v) is 5.86. The van der Waals surface area contributed by atoms with Gasteiger partial charge in [0, 0.05) is 12.5 Å². The minimum atomic E-state index is 0.0702. The fourth-order valence-electron chi connectivity index (χ4n) is 2.13. The van der Waals surface area contributed by atoms with E-state index in [0.717, 1.165) is 22.3 Å². The summed E-state index contributed by atoms with van der Waals surface area (Å²) in [5, 5.41) is 4.37. The molecule has 0 saturated carbocycles. The highest BCUT2D eigenvalue weighted by atomic mass is 16.5. The van der Waals surface area contributed by atoms with Crippen LogP contribution >= 0.6 is 0 Å². The summed E-state index contributed by atoms with van der Waals surface area (Å²) in [7, 11) is 3.63. The minimum absolute atomic E-state index is 0.0702. The summed E-state index contributed by atoms with van der Waals surface area (Å²) in [5.74, 6) is 0.922. The zero-order valence-electron chi connectivity index (χ0n) is 10.8. The maximum absolute atomic E-state index is 5.93. The van der Waals surface area contributed by atoms with Gasteiger partial charge in [0.25, 0.3) is 0 Å². The summed E-state index contributed by atoms with van der Waals surface area (Å²) in [6.07, 6.45) is 0.0702. The maximum atomic E-state index is 5.93. The third-order valence-electron chi connectivity index (χ3n) is 3.22. The summed E-state index contributed by atoms with van der Waals surface area (Å²) < 4.78 is 11.3. The highest BCUT2D eigenvalue weighted by Gasteiger charge is 2.21. The first-order valence-electron chi connectivity index (χ1n) is 5.86. The van der Waals surface area contributed by atoms with Gasteiger partial charge in [-0.1, -0.05) is 18.2 Å². The Morgan fingerprint density at radius 2 is 2.12 bits per heavy atom. The predicted molar refractivity (Wildman–Crippen MR) is 69.2 cm³/mol. The first-order chi connectivity index (χ1) is 8.17. The van der Waals surface area contributed by atoms with Crippen molar-refractivity contribution in [1.82, 2.24) is 5.32 Å². The molecule has 3 heteroatoms. The monoisotopic (exact) mass is 233 g/mol. The SMILES string of the molecule is CNC(c1cc2cccc(C)c2o1)C(C)OC. The fraction of sp³-hybridized carbons (Fsp3) is 0.429. The molecule has 0 amide bonds. The molecule has 2 atom stereocenters. The van der Waals surface area contributed by atoms with Crippen LogP contribution in [0.1, 0.15) is 24.3 Å². The van der Waals surface area contributed by atoms with Crippen LogP contribution in [0, 0.1) is 6.92 Å². The summed E-state index contributed by atoms with van der Waals surface area (Å²) >= 11 is 0. The van der Waals surface area contributed by atoms with Gasteiger partial charge in [0.15, 0.2) is 0 Å². The number of benzene rings is 1. The smallest absolute Gasteiger partial charge is 0.137 e. The van der Waals surface area contributed by atoms with Gasteiger partial charge >= 0.3 is 0 Å². The second kappa shape index (κ2) is 4.90. The largest absolute Gasteiger partial charge is 0.459 e. The van der Waals surface area contributed by atoms with Crippen LogP contribution in [0.3, 0.4) is 0 Å². The Kier molecular flexibility index (Phi) is 3.50. The Morgan fingerprint density at radius 1 is 1.35 bits per heavy atom. The number of nitrogens with one attached hydrogen (secondary N) is 1. The van der Waals surface area contributed by atoms with Crippen LogP contribution in [0.15, 0.2) is 28.7 Å². The molecule has 1 aromatic carbocycles. The zero-order valence-corrected chi connectivity index (χ0v) is 10.8. The number of rotatable bonds is 4. The zero-order chi connectivity index (χ0) is 12.4. The first kappa shape index (κ1) is 12.1. The molecular formula is C14H19NO2. The van der Waals surface area contributed by atoms with E-state index >= 15 is 0 Å². The number of para-hydroxylation sites is 1. The normalized spacial score (nSPS) is 15.1. The van der Waals surface area contributed by atoms with Crippen molar-refractivity contribution in [1.29, 1.82) is 0 Å². The number of likely N-dealkylation sites (N-methyl/N-ethyl adjacent to an activating group) is 1. The molecule has 17 heavy (non-hydrogen) atoms. The lowest BCUT2D eigenvalue weighted by atomic mass is 10.1. The van der Waals surface area contributed by atoms with Gasteiger partial charge in [-0.3, -0.25) is 0 Å². The summed E-state index contributed by atoms with van der Waals surface area (Å²) in [5.41, 5.74) is 2.12. The molecule has 2 unspecified atom stereocenters. The van der Waals surface area contributed by atoms with Crippen molar-refractivity contribution in [2.45, 2.75) is 26.0 Å². The molecule has 0 aliphatic carbocycles. The maximum Gasteiger partial charge on any atom is 0.137 e. The summed E-state index contributed by atoms with van der Waals surface area (Å²) in [4.78, 5) is 0. The van der Waals surface area contributed by atoms with Crippen molar-refractivity contribution in [3.05, 3.63) is 35.6 Å². The molecule has 1 N–H and O–H groups in total. The van der Waals surface area contributed by atoms with Crippen LogP contribution in [-0.4, -0.2) is 20.3 Å². The third-order valence-corrected chi connectivity index (χ3v) is 3.22. The Morgan fingerprint density at radius 3 is 2.71 bits per heavy atom. The molecule has 0 fully saturated rings. The number of ether oxygens (including phenoxy) is 1. The quantitative estimate of drug-likeness (QED) is 0.881. The van der Waals surface area contributed by atoms with E-state index in [4.69, 9.17) is 9.15 Å². The van der Waals surface area contributed by atoms with E-state index in [1.807, 2.05) is 20.0 Å². The van der Waals surface area contributed by atoms with E-state index in [0.29, 0.717) is 0 Å². The van der Waals surface area contributed by atoms with Crippen LogP contribution in [-0.2, 0) is 4.74 Å². The Balaban J connectivity index is 2.44. The standard InChI is InChI=1S/C14H19NO2/c1-9-6-5-7-11-8-12(17-14(9)11)13(15-3)10(2)16-4/h5-8,10,13,15H,1-4H3. The van der Waals surface area contributed by atoms with Crippen molar-refractivity contribution in [2.24, 2.45) is 0 Å². The van der Waals surface area contributed by atoms with E-state index < -0.39 is 0 Å². The number of fused-ring (bicyclic) bond motifs is 1. The fourth-order valence-corrected chi connectivity index (χ4v) is 2.13. The van der Waals surface area contributed by atoms with Gasteiger partial charge in [0.2, 0.25) is 0 Å². The van der Waals surface area contributed by atoms with E-state index in [1.165, 1.54) is 0 Å². The summed E-state index contributed by atoms with van der Waals surface area (Å²) in [6.45, 7) is 4.09. The third kappa shape index (κ3) is 2.21. The number of furan rings is 1. The van der Waals surface area contributed by atoms with E-state index in [2.05, 4.69) is 30.4 Å². The molecule has 0 spiro atoms. The second-order valence-corrected chi connectivity index (χ2v) is 4.35. The molecule has 1 heterocycles.